The van der Waals surface area contributed by atoms with Crippen LogP contribution in [-0.2, 0) is 0 Å². The van der Waals surface area contributed by atoms with E-state index in [1.165, 1.54) is 0 Å². The average Bonchev–Trinajstić information content (AvgIpc) is 2.14. The lowest BCUT2D eigenvalue weighted by Crippen LogP contribution is -2.60. The van der Waals surface area contributed by atoms with Crippen molar-refractivity contribution in [2.45, 2.75) is 19.4 Å². The summed E-state index contributed by atoms with van der Waals surface area (Å²) >= 11 is 0. The van der Waals surface area contributed by atoms with E-state index in [1.54, 1.807) is 19.1 Å². The number of aliphatic hydroxyl groups is 1. The Labute approximate surface area is 93.5 Å². The van der Waals surface area contributed by atoms with Gasteiger partial charge in [-0.2, -0.15) is 0 Å². The van der Waals surface area contributed by atoms with Gasteiger partial charge < -0.3 is 10.0 Å². The van der Waals surface area contributed by atoms with Crippen LogP contribution in [0.3, 0.4) is 0 Å². The molecule has 1 fully saturated rings. The van der Waals surface area contributed by atoms with Gasteiger partial charge in [0, 0.05) is 19.2 Å². The molecule has 0 unspecified atom stereocenters. The van der Waals surface area contributed by atoms with E-state index >= 15 is 0 Å². The maximum Gasteiger partial charge on any atom is 0.292 e. The lowest BCUT2D eigenvalue weighted by molar-refractivity contribution is -0.384. The fraction of sp³-hybridized carbons (Fsp3) is 0.455. The van der Waals surface area contributed by atoms with Gasteiger partial charge >= 0.3 is 0 Å². The molecule has 1 saturated heterocycles. The summed E-state index contributed by atoms with van der Waals surface area (Å²) < 4.78 is 0. The number of nitro benzene ring substituents is 1. The van der Waals surface area contributed by atoms with Gasteiger partial charge in [-0.3, -0.25) is 10.1 Å². The molecule has 86 valence electrons. The van der Waals surface area contributed by atoms with Crippen LogP contribution < -0.4 is 4.90 Å². The van der Waals surface area contributed by atoms with Gasteiger partial charge in [-0.25, -0.2) is 0 Å². The van der Waals surface area contributed by atoms with Crippen LogP contribution in [0.4, 0.5) is 11.4 Å². The van der Waals surface area contributed by atoms with Crippen molar-refractivity contribution in [3.05, 3.63) is 33.9 Å². The predicted octanol–water partition coefficient (Wildman–Crippen LogP) is 1.47. The Morgan fingerprint density at radius 2 is 2.12 bits per heavy atom. The maximum atomic E-state index is 10.9. The standard InChI is InChI=1S/C11H14N2O3/c1-8-3-4-9(10(5-8)13(15)16)12-6-11(2,14)7-12/h3-5,14H,6-7H2,1-2H3. The molecule has 1 aromatic rings. The van der Waals surface area contributed by atoms with Crippen LogP contribution in [-0.4, -0.2) is 28.7 Å². The number of nitro groups is 1. The molecule has 1 heterocycles. The number of aryl methyl sites for hydroxylation is 1. The molecule has 1 N–H and O–H groups in total. The minimum Gasteiger partial charge on any atom is -0.386 e. The molecule has 0 atom stereocenters. The average molecular weight is 222 g/mol. The van der Waals surface area contributed by atoms with Crippen LogP contribution in [0, 0.1) is 17.0 Å². The molecule has 0 aromatic heterocycles. The third-order valence-corrected chi connectivity index (χ3v) is 2.73. The zero-order valence-electron chi connectivity index (χ0n) is 9.30. The quantitative estimate of drug-likeness (QED) is 0.608. The summed E-state index contributed by atoms with van der Waals surface area (Å²) in [6, 6.07) is 5.14. The van der Waals surface area contributed by atoms with Gasteiger partial charge in [0.2, 0.25) is 0 Å². The first kappa shape index (κ1) is 10.9. The summed E-state index contributed by atoms with van der Waals surface area (Å²) in [7, 11) is 0. The van der Waals surface area contributed by atoms with Gasteiger partial charge in [-0.15, -0.1) is 0 Å². The van der Waals surface area contributed by atoms with E-state index in [0.29, 0.717) is 18.8 Å². The third kappa shape index (κ3) is 1.86. The molecular weight excluding hydrogens is 208 g/mol. The minimum absolute atomic E-state index is 0.107. The van der Waals surface area contributed by atoms with E-state index in [2.05, 4.69) is 0 Å². The largest absolute Gasteiger partial charge is 0.386 e. The number of rotatable bonds is 2. The molecule has 1 aromatic carbocycles. The summed E-state index contributed by atoms with van der Waals surface area (Å²) in [5.74, 6) is 0. The molecule has 5 heteroatoms. The van der Waals surface area contributed by atoms with Gasteiger partial charge in [0.15, 0.2) is 0 Å². The van der Waals surface area contributed by atoms with Crippen LogP contribution in [0.5, 0.6) is 0 Å². The molecule has 1 aliphatic rings. The SMILES string of the molecule is Cc1ccc(N2CC(C)(O)C2)c([N+](=O)[O-])c1. The molecule has 0 spiro atoms. The molecule has 0 amide bonds. The second-order valence-electron chi connectivity index (χ2n) is 4.60. The molecule has 16 heavy (non-hydrogen) atoms. The summed E-state index contributed by atoms with van der Waals surface area (Å²) in [4.78, 5) is 12.3. The van der Waals surface area contributed by atoms with Gasteiger partial charge in [-0.05, 0) is 25.5 Å². The Kier molecular flexibility index (Phi) is 2.35. The lowest BCUT2D eigenvalue weighted by Gasteiger charge is -2.45. The van der Waals surface area contributed by atoms with Crippen LogP contribution in [0.1, 0.15) is 12.5 Å². The van der Waals surface area contributed by atoms with Gasteiger partial charge in [0.1, 0.15) is 5.69 Å². The summed E-state index contributed by atoms with van der Waals surface area (Å²) in [6.45, 7) is 4.43. The molecule has 2 rings (SSSR count). The topological polar surface area (TPSA) is 66.6 Å². The fourth-order valence-electron chi connectivity index (χ4n) is 1.99. The van der Waals surface area contributed by atoms with E-state index in [9.17, 15) is 15.2 Å². The van der Waals surface area contributed by atoms with Crippen LogP contribution >= 0.6 is 0 Å². The summed E-state index contributed by atoms with van der Waals surface area (Å²) in [5, 5.41) is 20.5. The zero-order chi connectivity index (χ0) is 11.9. The normalized spacial score (nSPS) is 18.1. The molecule has 0 radical (unpaired) electrons. The highest BCUT2D eigenvalue weighted by Gasteiger charge is 2.39. The number of β-amino-alcohol motifs (C(OH)–C–C–N with tert-alkyl or cyclic N) is 1. The van der Waals surface area contributed by atoms with Gasteiger partial charge in [-0.1, -0.05) is 6.07 Å². The lowest BCUT2D eigenvalue weighted by atomic mass is 9.95. The molecule has 0 bridgehead atoms. The van der Waals surface area contributed by atoms with Crippen molar-refractivity contribution in [3.8, 4) is 0 Å². The maximum absolute atomic E-state index is 10.9. The highest BCUT2D eigenvalue weighted by Crippen LogP contribution is 2.34. The number of benzene rings is 1. The van der Waals surface area contributed by atoms with E-state index in [1.807, 2.05) is 17.9 Å². The number of nitrogens with zero attached hydrogens (tertiary/aromatic N) is 2. The number of hydrogen-bond acceptors (Lipinski definition) is 4. The highest BCUT2D eigenvalue weighted by molar-refractivity contribution is 5.66. The number of anilines is 1. The summed E-state index contributed by atoms with van der Waals surface area (Å²) in [6.07, 6.45) is 0. The molecule has 0 aliphatic carbocycles. The summed E-state index contributed by atoms with van der Waals surface area (Å²) in [5.41, 5.74) is 0.832. The second kappa shape index (κ2) is 3.45. The first-order valence-electron chi connectivity index (χ1n) is 5.11. The second-order valence-corrected chi connectivity index (χ2v) is 4.60. The monoisotopic (exact) mass is 222 g/mol. The van der Waals surface area contributed by atoms with Crippen molar-refractivity contribution in [1.29, 1.82) is 0 Å². The molecular formula is C11H14N2O3. The van der Waals surface area contributed by atoms with E-state index in [4.69, 9.17) is 0 Å². The molecule has 5 nitrogen and oxygen atoms in total. The first-order valence-corrected chi connectivity index (χ1v) is 5.11. The van der Waals surface area contributed by atoms with E-state index in [-0.39, 0.29) is 10.6 Å². The fourth-order valence-corrected chi connectivity index (χ4v) is 1.99. The van der Waals surface area contributed by atoms with Crippen molar-refractivity contribution in [3.63, 3.8) is 0 Å². The molecule has 1 aliphatic heterocycles. The van der Waals surface area contributed by atoms with E-state index < -0.39 is 5.60 Å². The van der Waals surface area contributed by atoms with Crippen molar-refractivity contribution < 1.29 is 10.0 Å². The van der Waals surface area contributed by atoms with Crippen molar-refractivity contribution in [2.24, 2.45) is 0 Å². The van der Waals surface area contributed by atoms with Crippen LogP contribution in [0.15, 0.2) is 18.2 Å². The first-order chi connectivity index (χ1) is 7.39. The van der Waals surface area contributed by atoms with Gasteiger partial charge in [0.25, 0.3) is 5.69 Å². The van der Waals surface area contributed by atoms with Crippen molar-refractivity contribution in [1.82, 2.24) is 0 Å². The van der Waals surface area contributed by atoms with Crippen LogP contribution in [0.25, 0.3) is 0 Å². The number of hydrogen-bond donors (Lipinski definition) is 1. The van der Waals surface area contributed by atoms with Crippen molar-refractivity contribution >= 4 is 11.4 Å². The Hall–Kier alpha value is -1.62. The predicted molar refractivity (Wildman–Crippen MR) is 60.7 cm³/mol. The van der Waals surface area contributed by atoms with Crippen molar-refractivity contribution in [2.75, 3.05) is 18.0 Å². The Balaban J connectivity index is 2.31. The minimum atomic E-state index is -0.723. The third-order valence-electron chi connectivity index (χ3n) is 2.73. The Morgan fingerprint density at radius 3 is 2.62 bits per heavy atom. The van der Waals surface area contributed by atoms with Gasteiger partial charge in [0.05, 0.1) is 10.5 Å². The zero-order valence-corrected chi connectivity index (χ0v) is 9.30. The Morgan fingerprint density at radius 1 is 1.50 bits per heavy atom. The van der Waals surface area contributed by atoms with Crippen LogP contribution in [0.2, 0.25) is 0 Å². The smallest absolute Gasteiger partial charge is 0.292 e. The Bertz CT molecular complexity index is 435. The highest BCUT2D eigenvalue weighted by atomic mass is 16.6. The molecule has 0 saturated carbocycles. The van der Waals surface area contributed by atoms with E-state index in [0.717, 1.165) is 5.56 Å².